The molecule has 0 atom stereocenters. The Balaban J connectivity index is 2.52. The number of allylic oxidation sites excluding steroid dienone is 1. The zero-order chi connectivity index (χ0) is 17.0. The Morgan fingerprint density at radius 3 is 2.61 bits per heavy atom. The molecule has 0 aliphatic heterocycles. The van der Waals surface area contributed by atoms with Crippen LogP contribution in [0.3, 0.4) is 0 Å². The minimum Gasteiger partial charge on any atom is -0.383 e. The normalized spacial score (nSPS) is 11.4. The van der Waals surface area contributed by atoms with Gasteiger partial charge in [-0.15, -0.1) is 0 Å². The van der Waals surface area contributed by atoms with Crippen molar-refractivity contribution in [2.24, 2.45) is 0 Å². The molecule has 0 unspecified atom stereocenters. The number of hydrogen-bond acceptors (Lipinski definition) is 5. The summed E-state index contributed by atoms with van der Waals surface area (Å²) in [5.41, 5.74) is 1.37. The molecule has 0 bridgehead atoms. The van der Waals surface area contributed by atoms with Gasteiger partial charge in [-0.3, -0.25) is 4.79 Å². The Morgan fingerprint density at radius 2 is 2.00 bits per heavy atom. The van der Waals surface area contributed by atoms with Crippen molar-refractivity contribution in [3.63, 3.8) is 0 Å². The molecule has 2 aromatic rings. The molecule has 1 aromatic carbocycles. The van der Waals surface area contributed by atoms with Crippen LogP contribution in [-0.2, 0) is 0 Å². The average molecular weight is 368 g/mol. The topological polar surface area (TPSA) is 46.1 Å². The number of carbonyl (C=O) groups is 1. The minimum absolute atomic E-state index is 0.217. The lowest BCUT2D eigenvalue weighted by Crippen LogP contribution is -2.11. The maximum Gasteiger partial charge on any atom is 0.198 e. The molecule has 0 amide bonds. The third-order valence-corrected chi connectivity index (χ3v) is 4.01. The highest BCUT2D eigenvalue weighted by Gasteiger charge is 2.19. The van der Waals surface area contributed by atoms with Crippen LogP contribution in [0, 0.1) is 0 Å². The predicted molar refractivity (Wildman–Crippen MR) is 96.3 cm³/mol. The van der Waals surface area contributed by atoms with Crippen molar-refractivity contribution in [3.05, 3.63) is 58.0 Å². The maximum absolute atomic E-state index is 12.9. The number of ketones is 1. The summed E-state index contributed by atoms with van der Waals surface area (Å²) in [4.78, 5) is 23.3. The van der Waals surface area contributed by atoms with Gasteiger partial charge in [0.2, 0.25) is 0 Å². The first-order valence-corrected chi connectivity index (χ1v) is 8.66. The van der Waals surface area contributed by atoms with Crippen LogP contribution in [0.5, 0.6) is 0 Å². The summed E-state index contributed by atoms with van der Waals surface area (Å²) in [5, 5.41) is 1.39. The molecule has 0 aliphatic carbocycles. The van der Waals surface area contributed by atoms with Gasteiger partial charge in [0.15, 0.2) is 10.9 Å². The summed E-state index contributed by atoms with van der Waals surface area (Å²) < 4.78 is 0. The maximum atomic E-state index is 12.9. The molecule has 7 heteroatoms. The van der Waals surface area contributed by atoms with E-state index >= 15 is 0 Å². The number of thioether (sulfide) groups is 1. The van der Waals surface area contributed by atoms with E-state index in [-0.39, 0.29) is 5.78 Å². The summed E-state index contributed by atoms with van der Waals surface area (Å²) in [6.07, 6.45) is 5.24. The first-order valence-electron chi connectivity index (χ1n) is 6.67. The molecule has 120 valence electrons. The molecule has 4 nitrogen and oxygen atoms in total. The van der Waals surface area contributed by atoms with E-state index in [0.29, 0.717) is 32.0 Å². The molecule has 0 spiro atoms. The molecule has 0 saturated heterocycles. The van der Waals surface area contributed by atoms with Crippen molar-refractivity contribution in [1.82, 2.24) is 14.9 Å². The van der Waals surface area contributed by atoms with Gasteiger partial charge in [-0.05, 0) is 30.5 Å². The molecule has 1 heterocycles. The molecule has 23 heavy (non-hydrogen) atoms. The second kappa shape index (κ2) is 7.81. The Bertz CT molecular complexity index is 763. The van der Waals surface area contributed by atoms with Crippen molar-refractivity contribution in [2.75, 3.05) is 20.4 Å². The van der Waals surface area contributed by atoms with Crippen LogP contribution in [0.4, 0.5) is 0 Å². The van der Waals surface area contributed by atoms with Gasteiger partial charge in [0.1, 0.15) is 0 Å². The van der Waals surface area contributed by atoms with E-state index in [0.717, 1.165) is 0 Å². The fraction of sp³-hybridized carbons (Fsp3) is 0.188. The van der Waals surface area contributed by atoms with E-state index in [9.17, 15) is 4.79 Å². The van der Waals surface area contributed by atoms with Crippen molar-refractivity contribution in [1.29, 1.82) is 0 Å². The van der Waals surface area contributed by atoms with E-state index < -0.39 is 0 Å². The average Bonchev–Trinajstić information content (AvgIpc) is 2.52. The van der Waals surface area contributed by atoms with E-state index in [4.69, 9.17) is 23.2 Å². The van der Waals surface area contributed by atoms with Crippen LogP contribution >= 0.6 is 35.0 Å². The smallest absolute Gasteiger partial charge is 0.198 e. The SMILES string of the molecule is CSc1nccc(/C(=C/N(C)C)C(=O)c2ccc(Cl)cc2Cl)n1. The van der Waals surface area contributed by atoms with Crippen LogP contribution in [0.15, 0.2) is 41.8 Å². The third kappa shape index (κ3) is 4.47. The highest BCUT2D eigenvalue weighted by Crippen LogP contribution is 2.27. The fourth-order valence-electron chi connectivity index (χ4n) is 1.91. The van der Waals surface area contributed by atoms with Crippen molar-refractivity contribution in [2.45, 2.75) is 5.16 Å². The van der Waals surface area contributed by atoms with Crippen molar-refractivity contribution >= 4 is 46.3 Å². The van der Waals surface area contributed by atoms with Gasteiger partial charge in [0.05, 0.1) is 16.3 Å². The summed E-state index contributed by atoms with van der Waals surface area (Å²) in [6.45, 7) is 0. The second-order valence-corrected chi connectivity index (χ2v) is 6.51. The first-order chi connectivity index (χ1) is 10.9. The molecule has 0 fully saturated rings. The lowest BCUT2D eigenvalue weighted by Gasteiger charge is -2.12. The minimum atomic E-state index is -0.217. The van der Waals surface area contributed by atoms with Gasteiger partial charge in [0, 0.05) is 37.1 Å². The molecule has 0 saturated carbocycles. The van der Waals surface area contributed by atoms with Crippen LogP contribution in [0.2, 0.25) is 10.0 Å². The molecule has 2 rings (SSSR count). The molecule has 0 radical (unpaired) electrons. The number of rotatable bonds is 5. The number of carbonyl (C=O) groups excluding carboxylic acids is 1. The summed E-state index contributed by atoms with van der Waals surface area (Å²) in [6, 6.07) is 6.52. The zero-order valence-corrected chi connectivity index (χ0v) is 15.2. The monoisotopic (exact) mass is 367 g/mol. The molecule has 1 aromatic heterocycles. The number of halogens is 2. The van der Waals surface area contributed by atoms with Crippen LogP contribution in [-0.4, -0.2) is 41.0 Å². The summed E-state index contributed by atoms with van der Waals surface area (Å²) >= 11 is 13.5. The van der Waals surface area contributed by atoms with Crippen LogP contribution < -0.4 is 0 Å². The predicted octanol–water partition coefficient (Wildman–Crippen LogP) is 4.29. The zero-order valence-electron chi connectivity index (χ0n) is 12.9. The Labute approximate surface area is 149 Å². The number of Topliss-reactive ketones (excluding diaryl/α,β-unsaturated/α-hetero) is 1. The van der Waals surface area contributed by atoms with E-state index in [1.54, 1.807) is 41.6 Å². The van der Waals surface area contributed by atoms with Crippen molar-refractivity contribution < 1.29 is 4.79 Å². The lowest BCUT2D eigenvalue weighted by molar-refractivity contribution is 0.105. The Morgan fingerprint density at radius 1 is 1.26 bits per heavy atom. The van der Waals surface area contributed by atoms with E-state index in [1.807, 2.05) is 20.4 Å². The number of aromatic nitrogens is 2. The summed E-state index contributed by atoms with van der Waals surface area (Å²) in [5.74, 6) is -0.217. The van der Waals surface area contributed by atoms with Gasteiger partial charge < -0.3 is 4.90 Å². The van der Waals surface area contributed by atoms with Gasteiger partial charge in [-0.25, -0.2) is 9.97 Å². The van der Waals surface area contributed by atoms with E-state index in [2.05, 4.69) is 9.97 Å². The van der Waals surface area contributed by atoms with Gasteiger partial charge in [-0.2, -0.15) is 0 Å². The lowest BCUT2D eigenvalue weighted by atomic mass is 10.0. The Hall–Kier alpha value is -1.56. The summed E-state index contributed by atoms with van der Waals surface area (Å²) in [7, 11) is 3.68. The molecular formula is C16H15Cl2N3OS. The Kier molecular flexibility index (Phi) is 6.04. The van der Waals surface area contributed by atoms with Crippen LogP contribution in [0.1, 0.15) is 16.1 Å². The number of nitrogens with zero attached hydrogens (tertiary/aromatic N) is 3. The largest absolute Gasteiger partial charge is 0.383 e. The van der Waals surface area contributed by atoms with Crippen LogP contribution in [0.25, 0.3) is 5.57 Å². The molecule has 0 N–H and O–H groups in total. The van der Waals surface area contributed by atoms with Gasteiger partial charge in [-0.1, -0.05) is 35.0 Å². The standard InChI is InChI=1S/C16H15Cl2N3OS/c1-21(2)9-12(14-6-7-19-16(20-14)23-3)15(22)11-5-4-10(17)8-13(11)18/h4-9H,1-3H3/b12-9-. The number of benzene rings is 1. The molecule has 0 aliphatic rings. The second-order valence-electron chi connectivity index (χ2n) is 4.89. The number of hydrogen-bond donors (Lipinski definition) is 0. The highest BCUT2D eigenvalue weighted by atomic mass is 35.5. The van der Waals surface area contributed by atoms with Crippen molar-refractivity contribution in [3.8, 4) is 0 Å². The third-order valence-electron chi connectivity index (χ3n) is 2.90. The fourth-order valence-corrected chi connectivity index (χ4v) is 2.76. The highest BCUT2D eigenvalue weighted by molar-refractivity contribution is 7.98. The quantitative estimate of drug-likeness (QED) is 0.341. The molecular weight excluding hydrogens is 353 g/mol. The van der Waals surface area contributed by atoms with E-state index in [1.165, 1.54) is 11.8 Å². The first kappa shape index (κ1) is 17.8. The van der Waals surface area contributed by atoms with Gasteiger partial charge in [0.25, 0.3) is 0 Å². The van der Waals surface area contributed by atoms with Gasteiger partial charge >= 0.3 is 0 Å².